The van der Waals surface area contributed by atoms with Crippen molar-refractivity contribution < 1.29 is 13.2 Å². The van der Waals surface area contributed by atoms with E-state index >= 15 is 0 Å². The Morgan fingerprint density at radius 1 is 0.960 bits per heavy atom. The first-order chi connectivity index (χ1) is 11.7. The normalized spacial score (nSPS) is 11.6. The average Bonchev–Trinajstić information content (AvgIpc) is 3.00. The lowest BCUT2D eigenvalue weighted by molar-refractivity contribution is -0.137. The molecule has 0 saturated heterocycles. The molecule has 1 aromatic carbocycles. The van der Waals surface area contributed by atoms with Crippen LogP contribution in [0, 0.1) is 6.92 Å². The molecule has 3 aromatic rings. The predicted octanol–water partition coefficient (Wildman–Crippen LogP) is 4.53. The van der Waals surface area contributed by atoms with Crippen LogP contribution in [0.4, 0.5) is 19.0 Å². The van der Waals surface area contributed by atoms with Crippen LogP contribution in [-0.2, 0) is 6.18 Å². The lowest BCUT2D eigenvalue weighted by Crippen LogP contribution is -2.14. The third-order valence-corrected chi connectivity index (χ3v) is 3.76. The molecule has 1 N–H and O–H groups in total. The molecular weight excluding hydrogens is 329 g/mol. The molecule has 0 unspecified atom stereocenters. The van der Waals surface area contributed by atoms with Crippen molar-refractivity contribution in [1.82, 2.24) is 15.2 Å². The molecule has 0 bridgehead atoms. The SMILES string of the molecule is Cc1cc(-c2cccc(-c3cc(C(F)(F)F)cc(N(C)C)n3)c2)n[nH]1. The molecular formula is C18H17F3N4. The van der Waals surface area contributed by atoms with E-state index in [9.17, 15) is 13.2 Å². The number of aromatic nitrogens is 3. The van der Waals surface area contributed by atoms with Gasteiger partial charge in [-0.3, -0.25) is 5.10 Å². The van der Waals surface area contributed by atoms with Gasteiger partial charge in [-0.05, 0) is 31.2 Å². The van der Waals surface area contributed by atoms with Crippen molar-refractivity contribution in [1.29, 1.82) is 0 Å². The first-order valence-corrected chi connectivity index (χ1v) is 7.63. The molecule has 0 aliphatic carbocycles. The molecule has 0 aliphatic heterocycles. The lowest BCUT2D eigenvalue weighted by Gasteiger charge is -2.16. The summed E-state index contributed by atoms with van der Waals surface area (Å²) in [5, 5.41) is 7.05. The summed E-state index contributed by atoms with van der Waals surface area (Å²) >= 11 is 0. The molecule has 25 heavy (non-hydrogen) atoms. The van der Waals surface area contributed by atoms with Crippen LogP contribution in [0.15, 0.2) is 42.5 Å². The van der Waals surface area contributed by atoms with Gasteiger partial charge in [0.25, 0.3) is 0 Å². The molecule has 7 heteroatoms. The number of aryl methyl sites for hydroxylation is 1. The van der Waals surface area contributed by atoms with E-state index in [2.05, 4.69) is 15.2 Å². The summed E-state index contributed by atoms with van der Waals surface area (Å²) in [5.41, 5.74) is 2.61. The van der Waals surface area contributed by atoms with E-state index in [1.807, 2.05) is 19.1 Å². The number of aromatic amines is 1. The molecule has 0 aliphatic rings. The predicted molar refractivity (Wildman–Crippen MR) is 91.3 cm³/mol. The standard InChI is InChI=1S/C18H17F3N4/c1-11-7-16(24-23-11)13-6-4-5-12(8-13)15-9-14(18(19,20)21)10-17(22-15)25(2)3/h4-10H,1-3H3,(H,23,24). The summed E-state index contributed by atoms with van der Waals surface area (Å²) in [6.07, 6.45) is -4.43. The van der Waals surface area contributed by atoms with E-state index in [1.54, 1.807) is 37.2 Å². The van der Waals surface area contributed by atoms with Gasteiger partial charge in [0.1, 0.15) is 5.82 Å². The molecule has 2 aromatic heterocycles. The monoisotopic (exact) mass is 346 g/mol. The molecule has 130 valence electrons. The fourth-order valence-electron chi connectivity index (χ4n) is 2.46. The van der Waals surface area contributed by atoms with Gasteiger partial charge in [0, 0.05) is 30.9 Å². The quantitative estimate of drug-likeness (QED) is 0.758. The average molecular weight is 346 g/mol. The highest BCUT2D eigenvalue weighted by molar-refractivity contribution is 5.71. The second-order valence-electron chi connectivity index (χ2n) is 6.01. The minimum atomic E-state index is -4.43. The van der Waals surface area contributed by atoms with Gasteiger partial charge >= 0.3 is 6.18 Å². The minimum absolute atomic E-state index is 0.255. The number of anilines is 1. The number of hydrogen-bond acceptors (Lipinski definition) is 3. The van der Waals surface area contributed by atoms with Crippen LogP contribution in [0.2, 0.25) is 0 Å². The molecule has 0 amide bonds. The van der Waals surface area contributed by atoms with Crippen molar-refractivity contribution in [2.75, 3.05) is 19.0 Å². The molecule has 4 nitrogen and oxygen atoms in total. The number of rotatable bonds is 3. The fraction of sp³-hybridized carbons (Fsp3) is 0.222. The van der Waals surface area contributed by atoms with Crippen LogP contribution < -0.4 is 4.90 Å². The Morgan fingerprint density at radius 3 is 2.20 bits per heavy atom. The summed E-state index contributed by atoms with van der Waals surface area (Å²) in [6.45, 7) is 1.89. The van der Waals surface area contributed by atoms with Crippen LogP contribution in [-0.4, -0.2) is 29.3 Å². The van der Waals surface area contributed by atoms with E-state index in [4.69, 9.17) is 0 Å². The maximum Gasteiger partial charge on any atom is 0.416 e. The van der Waals surface area contributed by atoms with Crippen molar-refractivity contribution in [3.05, 3.63) is 53.7 Å². The first-order valence-electron chi connectivity index (χ1n) is 7.63. The molecule has 0 fully saturated rings. The molecule has 0 spiro atoms. The van der Waals surface area contributed by atoms with E-state index in [1.165, 1.54) is 0 Å². The van der Waals surface area contributed by atoms with Gasteiger partial charge < -0.3 is 4.90 Å². The van der Waals surface area contributed by atoms with E-state index in [-0.39, 0.29) is 11.5 Å². The highest BCUT2D eigenvalue weighted by atomic mass is 19.4. The second-order valence-corrected chi connectivity index (χ2v) is 6.01. The second kappa shape index (κ2) is 6.23. The van der Waals surface area contributed by atoms with Crippen LogP contribution in [0.5, 0.6) is 0 Å². The summed E-state index contributed by atoms with van der Waals surface area (Å²) < 4.78 is 39.6. The van der Waals surface area contributed by atoms with Gasteiger partial charge in [0.15, 0.2) is 0 Å². The largest absolute Gasteiger partial charge is 0.416 e. The van der Waals surface area contributed by atoms with Crippen molar-refractivity contribution in [2.45, 2.75) is 13.1 Å². The molecule has 0 radical (unpaired) electrons. The lowest BCUT2D eigenvalue weighted by atomic mass is 10.0. The first kappa shape index (κ1) is 17.0. The number of pyridine rings is 1. The van der Waals surface area contributed by atoms with Gasteiger partial charge in [0.05, 0.1) is 17.0 Å². The number of alkyl halides is 3. The Morgan fingerprint density at radius 2 is 1.64 bits per heavy atom. The molecule has 0 atom stereocenters. The maximum atomic E-state index is 13.2. The summed E-state index contributed by atoms with van der Waals surface area (Å²) in [5.74, 6) is 0.255. The Hall–Kier alpha value is -2.83. The Bertz CT molecular complexity index is 897. The van der Waals surface area contributed by atoms with Gasteiger partial charge in [-0.2, -0.15) is 18.3 Å². The number of benzene rings is 1. The number of hydrogen-bond donors (Lipinski definition) is 1. The zero-order valence-corrected chi connectivity index (χ0v) is 14.0. The highest BCUT2D eigenvalue weighted by Crippen LogP contribution is 2.34. The fourth-order valence-corrected chi connectivity index (χ4v) is 2.46. The van der Waals surface area contributed by atoms with Gasteiger partial charge in [-0.1, -0.05) is 18.2 Å². The number of halogens is 3. The van der Waals surface area contributed by atoms with Crippen molar-refractivity contribution in [3.63, 3.8) is 0 Å². The van der Waals surface area contributed by atoms with Gasteiger partial charge in [-0.25, -0.2) is 4.98 Å². The van der Waals surface area contributed by atoms with Gasteiger partial charge in [-0.15, -0.1) is 0 Å². The minimum Gasteiger partial charge on any atom is -0.363 e. The number of H-pyrrole nitrogens is 1. The van der Waals surface area contributed by atoms with E-state index < -0.39 is 11.7 Å². The van der Waals surface area contributed by atoms with Crippen molar-refractivity contribution in [2.24, 2.45) is 0 Å². The third-order valence-electron chi connectivity index (χ3n) is 3.76. The van der Waals surface area contributed by atoms with Crippen LogP contribution in [0.3, 0.4) is 0 Å². The summed E-state index contributed by atoms with van der Waals surface area (Å²) in [4.78, 5) is 5.91. The van der Waals surface area contributed by atoms with E-state index in [0.29, 0.717) is 5.56 Å². The zero-order valence-electron chi connectivity index (χ0n) is 14.0. The van der Waals surface area contributed by atoms with Crippen LogP contribution in [0.1, 0.15) is 11.3 Å². The highest BCUT2D eigenvalue weighted by Gasteiger charge is 2.32. The molecule has 2 heterocycles. The zero-order chi connectivity index (χ0) is 18.2. The van der Waals surface area contributed by atoms with Crippen molar-refractivity contribution >= 4 is 5.82 Å². The Labute approximate surface area is 143 Å². The maximum absolute atomic E-state index is 13.2. The van der Waals surface area contributed by atoms with Crippen LogP contribution >= 0.6 is 0 Å². The van der Waals surface area contributed by atoms with E-state index in [0.717, 1.165) is 29.1 Å². The summed E-state index contributed by atoms with van der Waals surface area (Å²) in [6, 6.07) is 11.2. The Kier molecular flexibility index (Phi) is 4.24. The van der Waals surface area contributed by atoms with Crippen LogP contribution in [0.25, 0.3) is 22.5 Å². The topological polar surface area (TPSA) is 44.8 Å². The van der Waals surface area contributed by atoms with Gasteiger partial charge in [0.2, 0.25) is 0 Å². The molecule has 3 rings (SSSR count). The van der Waals surface area contributed by atoms with Crippen molar-refractivity contribution in [3.8, 4) is 22.5 Å². The smallest absolute Gasteiger partial charge is 0.363 e. The number of nitrogens with one attached hydrogen (secondary N) is 1. The third kappa shape index (κ3) is 3.65. The molecule has 0 saturated carbocycles. The number of nitrogens with zero attached hydrogens (tertiary/aromatic N) is 3. The summed E-state index contributed by atoms with van der Waals surface area (Å²) in [7, 11) is 3.32. The Balaban J connectivity index is 2.11.